The van der Waals surface area contributed by atoms with E-state index in [0.29, 0.717) is 24.1 Å². The second-order valence-electron chi connectivity index (χ2n) is 9.04. The average Bonchev–Trinajstić information content (AvgIpc) is 3.46. The van der Waals surface area contributed by atoms with E-state index in [1.807, 2.05) is 0 Å². The molecule has 0 radical (unpaired) electrons. The Hall–Kier alpha value is -1.46. The molecular formula is C22H33FN2O2. The van der Waals surface area contributed by atoms with E-state index in [2.05, 4.69) is 24.5 Å². The number of aliphatic hydroxyl groups is 1. The molecule has 1 aromatic carbocycles. The summed E-state index contributed by atoms with van der Waals surface area (Å²) in [6.07, 6.45) is 6.82. The first kappa shape index (κ1) is 20.3. The van der Waals surface area contributed by atoms with Crippen LogP contribution in [0.25, 0.3) is 0 Å². The van der Waals surface area contributed by atoms with Crippen molar-refractivity contribution in [3.63, 3.8) is 0 Å². The molecule has 0 spiro atoms. The quantitative estimate of drug-likeness (QED) is 0.648. The van der Waals surface area contributed by atoms with Crippen LogP contribution in [-0.4, -0.2) is 29.1 Å². The van der Waals surface area contributed by atoms with Gasteiger partial charge in [-0.1, -0.05) is 12.1 Å². The number of benzene rings is 1. The number of nitrogens with one attached hydrogen (secondary N) is 2. The lowest BCUT2D eigenvalue weighted by atomic mass is 9.79. The van der Waals surface area contributed by atoms with Crippen LogP contribution in [0.5, 0.6) is 0 Å². The SMILES string of the molecule is CC(C)(CC1CCC(NC(=O)C2CC2)CC1)NC[C@H](O)c1cccc(F)c1. The first-order valence-corrected chi connectivity index (χ1v) is 10.3. The summed E-state index contributed by atoms with van der Waals surface area (Å²) in [6.45, 7) is 4.72. The normalized spacial score (nSPS) is 24.4. The van der Waals surface area contributed by atoms with Crippen molar-refractivity contribution in [2.45, 2.75) is 76.5 Å². The van der Waals surface area contributed by atoms with Crippen LogP contribution in [0.2, 0.25) is 0 Å². The first-order valence-electron chi connectivity index (χ1n) is 10.3. The summed E-state index contributed by atoms with van der Waals surface area (Å²) >= 11 is 0. The van der Waals surface area contributed by atoms with Crippen LogP contribution in [0.15, 0.2) is 24.3 Å². The molecule has 3 rings (SSSR count). The molecule has 150 valence electrons. The highest BCUT2D eigenvalue weighted by atomic mass is 19.1. The van der Waals surface area contributed by atoms with Crippen LogP contribution in [0.4, 0.5) is 4.39 Å². The molecule has 1 amide bonds. The lowest BCUT2D eigenvalue weighted by molar-refractivity contribution is -0.123. The zero-order valence-electron chi connectivity index (χ0n) is 16.5. The largest absolute Gasteiger partial charge is 0.387 e. The fraction of sp³-hybridized carbons (Fsp3) is 0.682. The van der Waals surface area contributed by atoms with Crippen LogP contribution < -0.4 is 10.6 Å². The number of carbonyl (C=O) groups excluding carboxylic acids is 1. The Morgan fingerprint density at radius 1 is 1.22 bits per heavy atom. The Labute approximate surface area is 161 Å². The van der Waals surface area contributed by atoms with Crippen molar-refractivity contribution in [1.29, 1.82) is 0 Å². The van der Waals surface area contributed by atoms with Crippen LogP contribution in [0.3, 0.4) is 0 Å². The first-order chi connectivity index (χ1) is 12.8. The molecule has 0 unspecified atom stereocenters. The summed E-state index contributed by atoms with van der Waals surface area (Å²) in [5.74, 6) is 0.853. The third kappa shape index (κ3) is 6.28. The summed E-state index contributed by atoms with van der Waals surface area (Å²) in [5.41, 5.74) is 0.508. The maximum absolute atomic E-state index is 13.3. The molecule has 0 aromatic heterocycles. The van der Waals surface area contributed by atoms with E-state index < -0.39 is 6.10 Å². The average molecular weight is 377 g/mol. The second-order valence-corrected chi connectivity index (χ2v) is 9.04. The summed E-state index contributed by atoms with van der Waals surface area (Å²) in [5, 5.41) is 17.0. The van der Waals surface area contributed by atoms with E-state index in [0.717, 1.165) is 44.9 Å². The van der Waals surface area contributed by atoms with E-state index in [4.69, 9.17) is 0 Å². The Kier molecular flexibility index (Phi) is 6.53. The van der Waals surface area contributed by atoms with Gasteiger partial charge in [-0.15, -0.1) is 0 Å². The highest BCUT2D eigenvalue weighted by Gasteiger charge is 2.33. The van der Waals surface area contributed by atoms with Gasteiger partial charge in [0.25, 0.3) is 0 Å². The smallest absolute Gasteiger partial charge is 0.223 e. The molecule has 3 N–H and O–H groups in total. The molecule has 2 aliphatic carbocycles. The van der Waals surface area contributed by atoms with Gasteiger partial charge in [0.2, 0.25) is 5.91 Å². The van der Waals surface area contributed by atoms with E-state index in [1.165, 1.54) is 12.1 Å². The molecule has 5 heteroatoms. The molecule has 2 fully saturated rings. The van der Waals surface area contributed by atoms with Gasteiger partial charge in [0.15, 0.2) is 0 Å². The predicted molar refractivity (Wildman–Crippen MR) is 105 cm³/mol. The maximum Gasteiger partial charge on any atom is 0.223 e. The molecule has 0 saturated heterocycles. The molecule has 1 aromatic rings. The molecule has 4 nitrogen and oxygen atoms in total. The number of β-amino-alcohol motifs (C(OH)–C–C–N with tert-alkyl or cyclic N) is 1. The zero-order chi connectivity index (χ0) is 19.4. The number of halogens is 1. The number of aliphatic hydroxyl groups excluding tert-OH is 1. The van der Waals surface area contributed by atoms with Gasteiger partial charge in [-0.25, -0.2) is 4.39 Å². The Balaban J connectivity index is 1.39. The van der Waals surface area contributed by atoms with Crippen molar-refractivity contribution in [1.82, 2.24) is 10.6 Å². The van der Waals surface area contributed by atoms with E-state index in [1.54, 1.807) is 12.1 Å². The van der Waals surface area contributed by atoms with Crippen molar-refractivity contribution in [3.8, 4) is 0 Å². The van der Waals surface area contributed by atoms with Crippen LogP contribution in [-0.2, 0) is 4.79 Å². The van der Waals surface area contributed by atoms with E-state index in [9.17, 15) is 14.3 Å². The zero-order valence-corrected chi connectivity index (χ0v) is 16.5. The molecule has 2 saturated carbocycles. The summed E-state index contributed by atoms with van der Waals surface area (Å²) in [7, 11) is 0. The minimum absolute atomic E-state index is 0.0942. The van der Waals surface area contributed by atoms with Gasteiger partial charge in [-0.2, -0.15) is 0 Å². The van der Waals surface area contributed by atoms with E-state index in [-0.39, 0.29) is 23.2 Å². The van der Waals surface area contributed by atoms with Crippen molar-refractivity contribution in [2.24, 2.45) is 11.8 Å². The molecular weight excluding hydrogens is 343 g/mol. The van der Waals surface area contributed by atoms with Crippen LogP contribution in [0, 0.1) is 17.7 Å². The molecule has 0 bridgehead atoms. The van der Waals surface area contributed by atoms with Gasteiger partial charge < -0.3 is 15.7 Å². The topological polar surface area (TPSA) is 61.4 Å². The van der Waals surface area contributed by atoms with E-state index >= 15 is 0 Å². The second kappa shape index (κ2) is 8.70. The molecule has 0 heterocycles. The molecule has 2 aliphatic rings. The number of carbonyl (C=O) groups is 1. The number of hydrogen-bond acceptors (Lipinski definition) is 3. The predicted octanol–water partition coefficient (Wildman–Crippen LogP) is 3.70. The van der Waals surface area contributed by atoms with Crippen molar-refractivity contribution in [2.75, 3.05) is 6.54 Å². The third-order valence-corrected chi connectivity index (χ3v) is 5.95. The van der Waals surface area contributed by atoms with Crippen molar-refractivity contribution >= 4 is 5.91 Å². The minimum Gasteiger partial charge on any atom is -0.387 e. The van der Waals surface area contributed by atoms with Crippen molar-refractivity contribution in [3.05, 3.63) is 35.6 Å². The summed E-state index contributed by atoms with van der Waals surface area (Å²) < 4.78 is 13.3. The number of rotatable bonds is 8. The van der Waals surface area contributed by atoms with Gasteiger partial charge >= 0.3 is 0 Å². The monoisotopic (exact) mass is 376 g/mol. The van der Waals surface area contributed by atoms with Crippen molar-refractivity contribution < 1.29 is 14.3 Å². The Morgan fingerprint density at radius 3 is 2.56 bits per heavy atom. The summed E-state index contributed by atoms with van der Waals surface area (Å²) in [4.78, 5) is 11.9. The van der Waals surface area contributed by atoms with Gasteiger partial charge in [0.1, 0.15) is 5.82 Å². The molecule has 1 atom stereocenters. The Bertz CT molecular complexity index is 637. The fourth-order valence-corrected chi connectivity index (χ4v) is 4.17. The van der Waals surface area contributed by atoms with Crippen LogP contribution in [0.1, 0.15) is 70.5 Å². The lowest BCUT2D eigenvalue weighted by Crippen LogP contribution is -2.44. The van der Waals surface area contributed by atoms with Crippen LogP contribution >= 0.6 is 0 Å². The number of hydrogen-bond donors (Lipinski definition) is 3. The molecule has 27 heavy (non-hydrogen) atoms. The standard InChI is InChI=1S/C22H33FN2O2/c1-22(2,24-14-20(26)17-4-3-5-18(23)12-17)13-15-6-10-19(11-7-15)25-21(27)16-8-9-16/h3-5,12,15-16,19-20,24,26H,6-11,13-14H2,1-2H3,(H,25,27)/t15?,19?,20-/m0/s1. The highest BCUT2D eigenvalue weighted by molar-refractivity contribution is 5.81. The van der Waals surface area contributed by atoms with Gasteiger partial charge in [-0.3, -0.25) is 4.79 Å². The Morgan fingerprint density at radius 2 is 1.93 bits per heavy atom. The lowest BCUT2D eigenvalue weighted by Gasteiger charge is -2.36. The fourth-order valence-electron chi connectivity index (χ4n) is 4.17. The molecule has 0 aliphatic heterocycles. The third-order valence-electron chi connectivity index (χ3n) is 5.95. The highest BCUT2D eigenvalue weighted by Crippen LogP contribution is 2.33. The maximum atomic E-state index is 13.3. The van der Waals surface area contributed by atoms with Gasteiger partial charge in [-0.05, 0) is 82.4 Å². The van der Waals surface area contributed by atoms with Gasteiger partial charge in [0, 0.05) is 24.0 Å². The van der Waals surface area contributed by atoms with Gasteiger partial charge in [0.05, 0.1) is 6.10 Å². The minimum atomic E-state index is -0.714. The number of amides is 1. The summed E-state index contributed by atoms with van der Waals surface area (Å²) in [6, 6.07) is 6.49.